The molecule has 0 saturated heterocycles. The van der Waals surface area contributed by atoms with Gasteiger partial charge in [-0.05, 0) is 51.5 Å². The van der Waals surface area contributed by atoms with Gasteiger partial charge in [0.15, 0.2) is 0 Å². The van der Waals surface area contributed by atoms with E-state index in [1.807, 2.05) is 69.5 Å². The smallest absolute Gasteiger partial charge is 0.243 e. The minimum Gasteiger partial charge on any atom is -0.486 e. The zero-order chi connectivity index (χ0) is 21.7. The number of hydrogen-bond donors (Lipinski definition) is 0. The van der Waals surface area contributed by atoms with Crippen molar-refractivity contribution < 1.29 is 13.2 Å². The first-order chi connectivity index (χ1) is 14.3. The molecule has 5 nitrogen and oxygen atoms in total. The number of hydrogen-bond acceptors (Lipinski definition) is 5. The number of sulfonamides is 1. The van der Waals surface area contributed by atoms with Gasteiger partial charge in [0.05, 0.1) is 17.1 Å². The second kappa shape index (κ2) is 9.73. The van der Waals surface area contributed by atoms with Gasteiger partial charge in [0.2, 0.25) is 10.0 Å². The molecule has 0 fully saturated rings. The van der Waals surface area contributed by atoms with Gasteiger partial charge in [0.1, 0.15) is 17.4 Å². The maximum Gasteiger partial charge on any atom is 0.243 e. The fourth-order valence-corrected chi connectivity index (χ4v) is 5.33. The molecule has 7 heteroatoms. The predicted molar refractivity (Wildman–Crippen MR) is 121 cm³/mol. The van der Waals surface area contributed by atoms with Crippen molar-refractivity contribution in [1.29, 1.82) is 0 Å². The third-order valence-corrected chi connectivity index (χ3v) is 7.86. The molecule has 0 N–H and O–H groups in total. The van der Waals surface area contributed by atoms with Crippen LogP contribution in [-0.4, -0.2) is 23.7 Å². The standard InChI is InChI=1S/C23H28N2O3S2/c1-5-19(4)25(30(26,27)22-12-8-18(3)9-13-22)14-20-16-29-23(24-20)15-28-21-10-6-17(2)7-11-21/h6-13,16,19H,5,14-15H2,1-4H3/t19-/m1/s1. The van der Waals surface area contributed by atoms with Crippen molar-refractivity contribution in [2.75, 3.05) is 0 Å². The molecule has 0 unspecified atom stereocenters. The Hall–Kier alpha value is -2.22. The summed E-state index contributed by atoms with van der Waals surface area (Å²) in [5.41, 5.74) is 2.94. The molecule has 0 bridgehead atoms. The molecule has 0 amide bonds. The van der Waals surface area contributed by atoms with E-state index in [1.54, 1.807) is 12.1 Å². The first-order valence-corrected chi connectivity index (χ1v) is 12.3. The van der Waals surface area contributed by atoms with Crippen LogP contribution in [0.3, 0.4) is 0 Å². The highest BCUT2D eigenvalue weighted by Gasteiger charge is 2.29. The third kappa shape index (κ3) is 5.47. The first kappa shape index (κ1) is 22.5. The largest absolute Gasteiger partial charge is 0.486 e. The Kier molecular flexibility index (Phi) is 7.28. The summed E-state index contributed by atoms with van der Waals surface area (Å²) in [5, 5.41) is 2.73. The summed E-state index contributed by atoms with van der Waals surface area (Å²) in [4.78, 5) is 4.92. The maximum absolute atomic E-state index is 13.3. The summed E-state index contributed by atoms with van der Waals surface area (Å²) in [5.74, 6) is 0.792. The lowest BCUT2D eigenvalue weighted by Gasteiger charge is -2.27. The molecule has 3 aromatic rings. The molecule has 0 saturated carbocycles. The van der Waals surface area contributed by atoms with Crippen LogP contribution in [0.5, 0.6) is 5.75 Å². The summed E-state index contributed by atoms with van der Waals surface area (Å²) >= 11 is 1.48. The van der Waals surface area contributed by atoms with Crippen molar-refractivity contribution in [3.05, 3.63) is 75.7 Å². The van der Waals surface area contributed by atoms with Gasteiger partial charge in [-0.25, -0.2) is 13.4 Å². The molecule has 3 rings (SSSR count). The Bertz CT molecular complexity index is 1060. The van der Waals surface area contributed by atoms with Crippen LogP contribution in [0.25, 0.3) is 0 Å². The third-order valence-electron chi connectivity index (χ3n) is 5.01. The van der Waals surface area contributed by atoms with E-state index in [2.05, 4.69) is 4.98 Å². The van der Waals surface area contributed by atoms with Crippen molar-refractivity contribution in [2.24, 2.45) is 0 Å². The molecule has 2 aromatic carbocycles. The van der Waals surface area contributed by atoms with Gasteiger partial charge in [-0.15, -0.1) is 11.3 Å². The van der Waals surface area contributed by atoms with Crippen LogP contribution in [0.15, 0.2) is 58.8 Å². The molecular formula is C23H28N2O3S2. The summed E-state index contributed by atoms with van der Waals surface area (Å²) in [7, 11) is -3.61. The average Bonchev–Trinajstić information content (AvgIpc) is 3.19. The minimum atomic E-state index is -3.61. The van der Waals surface area contributed by atoms with Crippen LogP contribution in [0.4, 0.5) is 0 Å². The van der Waals surface area contributed by atoms with E-state index in [9.17, 15) is 8.42 Å². The first-order valence-electron chi connectivity index (χ1n) is 10.0. The zero-order valence-corrected chi connectivity index (χ0v) is 19.5. The fraction of sp³-hybridized carbons (Fsp3) is 0.348. The maximum atomic E-state index is 13.3. The van der Waals surface area contributed by atoms with Gasteiger partial charge < -0.3 is 4.74 Å². The lowest BCUT2D eigenvalue weighted by Crippen LogP contribution is -2.37. The molecule has 0 spiro atoms. The van der Waals surface area contributed by atoms with E-state index in [0.29, 0.717) is 11.5 Å². The van der Waals surface area contributed by atoms with Crippen molar-refractivity contribution in [2.45, 2.75) is 58.2 Å². The van der Waals surface area contributed by atoms with E-state index in [4.69, 9.17) is 4.74 Å². The SMILES string of the molecule is CC[C@@H](C)N(Cc1csc(COc2ccc(C)cc2)n1)S(=O)(=O)c1ccc(C)cc1. The minimum absolute atomic E-state index is 0.134. The topological polar surface area (TPSA) is 59.5 Å². The molecular weight excluding hydrogens is 416 g/mol. The van der Waals surface area contributed by atoms with E-state index in [1.165, 1.54) is 21.2 Å². The van der Waals surface area contributed by atoms with Gasteiger partial charge >= 0.3 is 0 Å². The normalized spacial score (nSPS) is 12.8. The number of benzene rings is 2. The van der Waals surface area contributed by atoms with E-state index >= 15 is 0 Å². The Labute approximate surface area is 183 Å². The van der Waals surface area contributed by atoms with E-state index in [-0.39, 0.29) is 12.6 Å². The Morgan fingerprint density at radius 2 is 1.63 bits per heavy atom. The number of thiazole rings is 1. The quantitative estimate of drug-likeness (QED) is 0.448. The lowest BCUT2D eigenvalue weighted by molar-refractivity contribution is 0.302. The molecule has 0 radical (unpaired) electrons. The van der Waals surface area contributed by atoms with Crippen LogP contribution < -0.4 is 4.74 Å². The Morgan fingerprint density at radius 1 is 1.03 bits per heavy atom. The number of nitrogens with zero attached hydrogens (tertiary/aromatic N) is 2. The van der Waals surface area contributed by atoms with Crippen molar-refractivity contribution in [3.8, 4) is 5.75 Å². The van der Waals surface area contributed by atoms with Gasteiger partial charge in [0, 0.05) is 11.4 Å². The number of aromatic nitrogens is 1. The summed E-state index contributed by atoms with van der Waals surface area (Å²) in [6.07, 6.45) is 0.721. The highest BCUT2D eigenvalue weighted by atomic mass is 32.2. The van der Waals surface area contributed by atoms with E-state index in [0.717, 1.165) is 28.4 Å². The van der Waals surface area contributed by atoms with E-state index < -0.39 is 10.0 Å². The van der Waals surface area contributed by atoms with Crippen LogP contribution in [0.1, 0.15) is 42.1 Å². The highest BCUT2D eigenvalue weighted by Crippen LogP contribution is 2.24. The van der Waals surface area contributed by atoms with Gasteiger partial charge in [-0.3, -0.25) is 0 Å². The highest BCUT2D eigenvalue weighted by molar-refractivity contribution is 7.89. The molecule has 1 aromatic heterocycles. The number of rotatable bonds is 9. The summed E-state index contributed by atoms with van der Waals surface area (Å²) in [6, 6.07) is 14.7. The molecule has 160 valence electrons. The average molecular weight is 445 g/mol. The molecule has 0 aliphatic carbocycles. The van der Waals surface area contributed by atoms with Gasteiger partial charge in [0.25, 0.3) is 0 Å². The van der Waals surface area contributed by atoms with Crippen molar-refractivity contribution in [3.63, 3.8) is 0 Å². The summed E-state index contributed by atoms with van der Waals surface area (Å²) in [6.45, 7) is 8.50. The van der Waals surface area contributed by atoms with Crippen molar-refractivity contribution >= 4 is 21.4 Å². The summed E-state index contributed by atoms with van der Waals surface area (Å²) < 4.78 is 33.9. The molecule has 30 heavy (non-hydrogen) atoms. The second-order valence-electron chi connectivity index (χ2n) is 7.45. The predicted octanol–water partition coefficient (Wildman–Crippen LogP) is 5.33. The van der Waals surface area contributed by atoms with Crippen LogP contribution in [0, 0.1) is 13.8 Å². The van der Waals surface area contributed by atoms with Crippen LogP contribution in [0.2, 0.25) is 0 Å². The Morgan fingerprint density at radius 3 is 2.23 bits per heavy atom. The van der Waals surface area contributed by atoms with Gasteiger partial charge in [-0.2, -0.15) is 4.31 Å². The number of aryl methyl sites for hydroxylation is 2. The molecule has 1 atom stereocenters. The molecule has 1 heterocycles. The van der Waals surface area contributed by atoms with Crippen molar-refractivity contribution in [1.82, 2.24) is 9.29 Å². The second-order valence-corrected chi connectivity index (χ2v) is 10.3. The Balaban J connectivity index is 1.74. The van der Waals surface area contributed by atoms with Crippen LogP contribution in [-0.2, 0) is 23.2 Å². The monoisotopic (exact) mass is 444 g/mol. The van der Waals surface area contributed by atoms with Gasteiger partial charge in [-0.1, -0.05) is 42.3 Å². The fourth-order valence-electron chi connectivity index (χ4n) is 2.95. The lowest BCUT2D eigenvalue weighted by atomic mass is 10.2. The number of ether oxygens (including phenoxy) is 1. The molecule has 0 aliphatic heterocycles. The molecule has 0 aliphatic rings. The zero-order valence-electron chi connectivity index (χ0n) is 17.8. The van der Waals surface area contributed by atoms with Crippen LogP contribution >= 0.6 is 11.3 Å².